The van der Waals surface area contributed by atoms with Gasteiger partial charge in [0.2, 0.25) is 5.91 Å². The van der Waals surface area contributed by atoms with Gasteiger partial charge in [-0.3, -0.25) is 9.48 Å². The van der Waals surface area contributed by atoms with Gasteiger partial charge in [-0.15, -0.1) is 11.8 Å². The molecule has 1 saturated heterocycles. The lowest BCUT2D eigenvalue weighted by Crippen LogP contribution is -2.43. The van der Waals surface area contributed by atoms with Crippen LogP contribution in [0, 0.1) is 0 Å². The van der Waals surface area contributed by atoms with E-state index in [1.165, 1.54) is 10.5 Å². The number of hydrogen-bond acceptors (Lipinski definition) is 4. The fourth-order valence-corrected chi connectivity index (χ4v) is 3.87. The number of amides is 1. The topological polar surface area (TPSA) is 50.2 Å². The highest BCUT2D eigenvalue weighted by atomic mass is 32.2. The first-order valence-electron chi connectivity index (χ1n) is 8.26. The molecule has 2 atom stereocenters. The first-order chi connectivity index (χ1) is 11.6. The van der Waals surface area contributed by atoms with Gasteiger partial charge in [0.25, 0.3) is 0 Å². The van der Waals surface area contributed by atoms with Crippen LogP contribution in [0.1, 0.15) is 18.9 Å². The molecule has 3 rings (SSSR count). The number of benzene rings is 1. The summed E-state index contributed by atoms with van der Waals surface area (Å²) in [6, 6.07) is 8.61. The van der Waals surface area contributed by atoms with E-state index in [-0.39, 0.29) is 18.0 Å². The zero-order valence-electron chi connectivity index (χ0n) is 14.4. The number of nitrogens with zero attached hydrogens (tertiary/aromatic N) is 3. The molecule has 0 saturated carbocycles. The lowest BCUT2D eigenvalue weighted by molar-refractivity contribution is -0.119. The fraction of sp³-hybridized carbons (Fsp3) is 0.444. The summed E-state index contributed by atoms with van der Waals surface area (Å²) in [7, 11) is 1.87. The van der Waals surface area contributed by atoms with Gasteiger partial charge in [0.15, 0.2) is 0 Å². The smallest absolute Gasteiger partial charge is 0.244 e. The van der Waals surface area contributed by atoms with Crippen LogP contribution in [0.25, 0.3) is 0 Å². The van der Waals surface area contributed by atoms with Gasteiger partial charge < -0.3 is 10.2 Å². The van der Waals surface area contributed by atoms with Gasteiger partial charge in [-0.05, 0) is 37.7 Å². The highest BCUT2D eigenvalue weighted by Crippen LogP contribution is 2.23. The van der Waals surface area contributed by atoms with Crippen molar-refractivity contribution in [2.45, 2.75) is 36.7 Å². The lowest BCUT2D eigenvalue weighted by Gasteiger charge is -2.20. The Balaban J connectivity index is 1.61. The van der Waals surface area contributed by atoms with Gasteiger partial charge in [0.05, 0.1) is 17.9 Å². The number of carbonyl (C=O) groups is 1. The molecular weight excluding hydrogens is 320 g/mol. The number of hydrogen-bond donors (Lipinski definition) is 1. The van der Waals surface area contributed by atoms with Gasteiger partial charge in [-0.25, -0.2) is 0 Å². The molecule has 1 N–H and O–H groups in total. The maximum absolute atomic E-state index is 12.6. The van der Waals surface area contributed by atoms with Crippen molar-refractivity contribution in [1.29, 1.82) is 0 Å². The highest BCUT2D eigenvalue weighted by Gasteiger charge is 2.33. The van der Waals surface area contributed by atoms with Gasteiger partial charge in [-0.2, -0.15) is 5.10 Å². The van der Waals surface area contributed by atoms with E-state index >= 15 is 0 Å². The average molecular weight is 344 g/mol. The Morgan fingerprint density at radius 3 is 2.92 bits per heavy atom. The van der Waals surface area contributed by atoms with Crippen molar-refractivity contribution in [3.63, 3.8) is 0 Å². The number of thioether (sulfide) groups is 1. The van der Waals surface area contributed by atoms with Crippen LogP contribution in [0.15, 0.2) is 41.6 Å². The first-order valence-corrected chi connectivity index (χ1v) is 9.49. The normalized spacial score (nSPS) is 19.0. The van der Waals surface area contributed by atoms with Crippen LogP contribution in [0.3, 0.4) is 0 Å². The van der Waals surface area contributed by atoms with Crippen molar-refractivity contribution in [3.05, 3.63) is 42.2 Å². The summed E-state index contributed by atoms with van der Waals surface area (Å²) in [6.45, 7) is 2.90. The molecule has 24 heavy (non-hydrogen) atoms. The molecule has 1 amide bonds. The summed E-state index contributed by atoms with van der Waals surface area (Å²) >= 11 is 1.77. The molecule has 1 aromatic carbocycles. The first kappa shape index (κ1) is 17.0. The zero-order valence-corrected chi connectivity index (χ0v) is 15.2. The molecule has 6 heteroatoms. The summed E-state index contributed by atoms with van der Waals surface area (Å²) in [5.41, 5.74) is 2.21. The monoisotopic (exact) mass is 344 g/mol. The van der Waals surface area contributed by atoms with Crippen LogP contribution < -0.4 is 10.2 Å². The van der Waals surface area contributed by atoms with E-state index in [1.54, 1.807) is 22.6 Å². The second-order valence-corrected chi connectivity index (χ2v) is 7.14. The fourth-order valence-electron chi connectivity index (χ4n) is 3.24. The summed E-state index contributed by atoms with van der Waals surface area (Å²) < 4.78 is 1.73. The number of nitrogens with one attached hydrogen (secondary N) is 1. The van der Waals surface area contributed by atoms with Crippen LogP contribution in [0.5, 0.6) is 0 Å². The Labute approximate surface area is 147 Å². The quantitative estimate of drug-likeness (QED) is 0.818. The maximum Gasteiger partial charge on any atom is 0.244 e. The second-order valence-electron chi connectivity index (χ2n) is 6.29. The minimum absolute atomic E-state index is 0.110. The Morgan fingerprint density at radius 1 is 1.42 bits per heavy atom. The van der Waals surface area contributed by atoms with Crippen LogP contribution >= 0.6 is 11.8 Å². The Kier molecular flexibility index (Phi) is 5.26. The molecule has 0 aliphatic carbocycles. The largest absolute Gasteiger partial charge is 0.308 e. The number of carbonyl (C=O) groups excluding carboxylic acids is 1. The van der Waals surface area contributed by atoms with E-state index < -0.39 is 0 Å². The van der Waals surface area contributed by atoms with Crippen LogP contribution in [-0.2, 0) is 18.3 Å². The van der Waals surface area contributed by atoms with Gasteiger partial charge >= 0.3 is 0 Å². The maximum atomic E-state index is 12.6. The van der Waals surface area contributed by atoms with E-state index in [4.69, 9.17) is 0 Å². The molecule has 1 aliphatic rings. The van der Waals surface area contributed by atoms with E-state index in [9.17, 15) is 4.79 Å². The molecule has 2 heterocycles. The molecular formula is C18H24N4OS. The molecule has 128 valence electrons. The molecule has 0 bridgehead atoms. The average Bonchev–Trinajstić information content (AvgIpc) is 3.14. The number of aryl methyl sites for hydroxylation is 1. The molecule has 2 aromatic rings. The summed E-state index contributed by atoms with van der Waals surface area (Å²) in [5.74, 6) is 0.146. The summed E-state index contributed by atoms with van der Waals surface area (Å²) in [5, 5.41) is 7.66. The van der Waals surface area contributed by atoms with Gasteiger partial charge in [0, 0.05) is 30.7 Å². The van der Waals surface area contributed by atoms with Crippen molar-refractivity contribution in [2.75, 3.05) is 17.7 Å². The van der Waals surface area contributed by atoms with Gasteiger partial charge in [-0.1, -0.05) is 18.2 Å². The SMILES string of the molecule is CSc1ccccc1C[C@H](C)N[C@@H]1CCN(c2cnn(C)c2)C1=O. The molecule has 1 aromatic heterocycles. The molecule has 0 unspecified atom stereocenters. The molecule has 0 radical (unpaired) electrons. The van der Waals surface area contributed by atoms with Gasteiger partial charge in [0.1, 0.15) is 0 Å². The van der Waals surface area contributed by atoms with Crippen molar-refractivity contribution >= 4 is 23.4 Å². The molecule has 1 fully saturated rings. The Bertz CT molecular complexity index is 715. The van der Waals surface area contributed by atoms with Crippen LogP contribution in [-0.4, -0.2) is 40.6 Å². The van der Waals surface area contributed by atoms with E-state index in [0.717, 1.165) is 25.1 Å². The van der Waals surface area contributed by atoms with E-state index in [2.05, 4.69) is 47.9 Å². The third kappa shape index (κ3) is 3.65. The number of aromatic nitrogens is 2. The summed E-state index contributed by atoms with van der Waals surface area (Å²) in [4.78, 5) is 15.8. The minimum atomic E-state index is -0.110. The lowest BCUT2D eigenvalue weighted by atomic mass is 10.1. The van der Waals surface area contributed by atoms with E-state index in [0.29, 0.717) is 0 Å². The zero-order chi connectivity index (χ0) is 17.1. The van der Waals surface area contributed by atoms with Crippen LogP contribution in [0.4, 0.5) is 5.69 Å². The molecule has 1 aliphatic heterocycles. The van der Waals surface area contributed by atoms with Crippen molar-refractivity contribution in [1.82, 2.24) is 15.1 Å². The third-order valence-electron chi connectivity index (χ3n) is 4.41. The second kappa shape index (κ2) is 7.40. The predicted molar refractivity (Wildman–Crippen MR) is 98.5 cm³/mol. The van der Waals surface area contributed by atoms with Crippen LogP contribution in [0.2, 0.25) is 0 Å². The standard InChI is InChI=1S/C18H24N4OS/c1-13(10-14-6-4-5-7-17(14)24-3)20-16-8-9-22(18(16)23)15-11-19-21(2)12-15/h4-7,11-13,16,20H,8-10H2,1-3H3/t13-,16+/m0/s1. The molecule has 5 nitrogen and oxygen atoms in total. The van der Waals surface area contributed by atoms with Crippen molar-refractivity contribution in [3.8, 4) is 0 Å². The Hall–Kier alpha value is -1.79. The highest BCUT2D eigenvalue weighted by molar-refractivity contribution is 7.98. The number of rotatable bonds is 6. The minimum Gasteiger partial charge on any atom is -0.308 e. The third-order valence-corrected chi connectivity index (χ3v) is 5.25. The Morgan fingerprint density at radius 2 is 2.21 bits per heavy atom. The summed E-state index contributed by atoms with van der Waals surface area (Å²) in [6.07, 6.45) is 7.50. The number of anilines is 1. The predicted octanol–water partition coefficient (Wildman–Crippen LogP) is 2.47. The van der Waals surface area contributed by atoms with E-state index in [1.807, 2.05) is 18.1 Å². The van der Waals surface area contributed by atoms with Crippen molar-refractivity contribution < 1.29 is 4.79 Å². The van der Waals surface area contributed by atoms with Crippen molar-refractivity contribution in [2.24, 2.45) is 7.05 Å². The molecule has 0 spiro atoms.